The summed E-state index contributed by atoms with van der Waals surface area (Å²) in [6, 6.07) is 2.40. The molecule has 2 N–H and O–H groups in total. The molecule has 14 heavy (non-hydrogen) atoms. The van der Waals surface area contributed by atoms with Crippen molar-refractivity contribution in [1.29, 1.82) is 0 Å². The highest BCUT2D eigenvalue weighted by Crippen LogP contribution is 2.38. The lowest BCUT2D eigenvalue weighted by atomic mass is 10.1. The van der Waals surface area contributed by atoms with Crippen LogP contribution in [-0.2, 0) is 0 Å². The molecule has 1 rings (SSSR count). The van der Waals surface area contributed by atoms with Crippen LogP contribution in [0.2, 0.25) is 0 Å². The first-order valence-electron chi connectivity index (χ1n) is 4.97. The first-order chi connectivity index (χ1) is 6.52. The van der Waals surface area contributed by atoms with Gasteiger partial charge in [0.1, 0.15) is 0 Å². The number of nitrogens with two attached hydrogens (primary N) is 1. The molecule has 2 atom stereocenters. The molecule has 0 radical (unpaired) electrons. The minimum absolute atomic E-state index is 0.222. The number of hydrogen-bond acceptors (Lipinski definition) is 3. The van der Waals surface area contributed by atoms with Crippen molar-refractivity contribution in [1.82, 2.24) is 0 Å². The van der Waals surface area contributed by atoms with Gasteiger partial charge in [0.25, 0.3) is 0 Å². The van der Waals surface area contributed by atoms with Crippen LogP contribution >= 0.6 is 23.1 Å². The lowest BCUT2D eigenvalue weighted by Gasteiger charge is -2.22. The fraction of sp³-hybridized carbons (Fsp3) is 0.636. The van der Waals surface area contributed by atoms with E-state index >= 15 is 0 Å². The third-order valence-electron chi connectivity index (χ3n) is 2.06. The van der Waals surface area contributed by atoms with Crippen LogP contribution in [-0.4, -0.2) is 11.3 Å². The standard InChI is InChI=1S/C11H19NS2/c1-7(2)14-11(9(4)12)10-8(3)5-6-13-10/h5-7,9,11H,12H2,1-4H3. The first kappa shape index (κ1) is 12.1. The largest absolute Gasteiger partial charge is 0.327 e. The van der Waals surface area contributed by atoms with E-state index in [-0.39, 0.29) is 6.04 Å². The fourth-order valence-corrected chi connectivity index (χ4v) is 3.89. The molecule has 1 aromatic heterocycles. The van der Waals surface area contributed by atoms with Gasteiger partial charge in [-0.2, -0.15) is 0 Å². The summed E-state index contributed by atoms with van der Waals surface area (Å²) in [7, 11) is 0. The molecule has 2 unspecified atom stereocenters. The normalized spacial score (nSPS) is 15.9. The van der Waals surface area contributed by atoms with Crippen molar-refractivity contribution in [2.75, 3.05) is 0 Å². The molecule has 0 aliphatic rings. The molecule has 0 aliphatic heterocycles. The van der Waals surface area contributed by atoms with E-state index < -0.39 is 0 Å². The van der Waals surface area contributed by atoms with E-state index in [1.807, 2.05) is 23.1 Å². The summed E-state index contributed by atoms with van der Waals surface area (Å²) in [5.41, 5.74) is 7.41. The quantitative estimate of drug-likeness (QED) is 0.854. The highest BCUT2D eigenvalue weighted by atomic mass is 32.2. The van der Waals surface area contributed by atoms with E-state index in [9.17, 15) is 0 Å². The Morgan fingerprint density at radius 1 is 1.36 bits per heavy atom. The predicted octanol–water partition coefficient (Wildman–Crippen LogP) is 3.59. The maximum absolute atomic E-state index is 6.03. The monoisotopic (exact) mass is 229 g/mol. The lowest BCUT2D eigenvalue weighted by molar-refractivity contribution is 0.724. The molecule has 0 saturated carbocycles. The van der Waals surface area contributed by atoms with Crippen LogP contribution in [0.25, 0.3) is 0 Å². The molecular formula is C11H19NS2. The van der Waals surface area contributed by atoms with Crippen LogP contribution in [0.3, 0.4) is 0 Å². The fourth-order valence-electron chi connectivity index (χ4n) is 1.39. The van der Waals surface area contributed by atoms with E-state index in [0.717, 1.165) is 0 Å². The second kappa shape index (κ2) is 5.19. The van der Waals surface area contributed by atoms with Crippen LogP contribution < -0.4 is 5.73 Å². The number of rotatable bonds is 4. The summed E-state index contributed by atoms with van der Waals surface area (Å²) >= 11 is 3.79. The zero-order valence-electron chi connectivity index (χ0n) is 9.28. The Morgan fingerprint density at radius 3 is 2.36 bits per heavy atom. The van der Waals surface area contributed by atoms with Crippen molar-refractivity contribution in [3.05, 3.63) is 21.9 Å². The van der Waals surface area contributed by atoms with Gasteiger partial charge in [-0.25, -0.2) is 0 Å². The molecule has 0 fully saturated rings. The summed E-state index contributed by atoms with van der Waals surface area (Å²) < 4.78 is 0. The maximum Gasteiger partial charge on any atom is 0.0544 e. The highest BCUT2D eigenvalue weighted by Gasteiger charge is 2.20. The van der Waals surface area contributed by atoms with Gasteiger partial charge in [0.2, 0.25) is 0 Å². The third-order valence-corrected chi connectivity index (χ3v) is 4.81. The average Bonchev–Trinajstić information content (AvgIpc) is 2.46. The van der Waals surface area contributed by atoms with Gasteiger partial charge in [-0.3, -0.25) is 0 Å². The van der Waals surface area contributed by atoms with Gasteiger partial charge in [0, 0.05) is 10.9 Å². The topological polar surface area (TPSA) is 26.0 Å². The lowest BCUT2D eigenvalue weighted by Crippen LogP contribution is -2.23. The number of thiophene rings is 1. The van der Waals surface area contributed by atoms with Crippen LogP contribution in [0.1, 0.15) is 36.5 Å². The van der Waals surface area contributed by atoms with Gasteiger partial charge in [-0.05, 0) is 36.1 Å². The molecule has 1 nitrogen and oxygen atoms in total. The Morgan fingerprint density at radius 2 is 2.00 bits per heavy atom. The molecule has 1 heterocycles. The van der Waals surface area contributed by atoms with Crippen LogP contribution in [0.5, 0.6) is 0 Å². The molecule has 1 aromatic rings. The van der Waals surface area contributed by atoms with Gasteiger partial charge in [0.05, 0.1) is 5.25 Å². The van der Waals surface area contributed by atoms with Gasteiger partial charge in [-0.1, -0.05) is 13.8 Å². The van der Waals surface area contributed by atoms with E-state index in [4.69, 9.17) is 5.73 Å². The molecule has 0 amide bonds. The Kier molecular flexibility index (Phi) is 4.48. The number of thioether (sulfide) groups is 1. The van der Waals surface area contributed by atoms with E-state index in [2.05, 4.69) is 39.1 Å². The van der Waals surface area contributed by atoms with Gasteiger partial charge in [-0.15, -0.1) is 23.1 Å². The summed E-state index contributed by atoms with van der Waals surface area (Å²) in [4.78, 5) is 1.44. The second-order valence-corrected chi connectivity index (χ2v) is 6.60. The van der Waals surface area contributed by atoms with Crippen molar-refractivity contribution in [3.63, 3.8) is 0 Å². The Hall–Kier alpha value is 0.01000. The van der Waals surface area contributed by atoms with Crippen molar-refractivity contribution in [2.45, 2.75) is 44.2 Å². The SMILES string of the molecule is Cc1ccsc1C(SC(C)C)C(C)N. The van der Waals surface area contributed by atoms with Crippen LogP contribution in [0.15, 0.2) is 11.4 Å². The molecule has 0 spiro atoms. The van der Waals surface area contributed by atoms with Gasteiger partial charge < -0.3 is 5.73 Å². The van der Waals surface area contributed by atoms with Crippen molar-refractivity contribution in [2.24, 2.45) is 5.73 Å². The van der Waals surface area contributed by atoms with Crippen molar-refractivity contribution in [3.8, 4) is 0 Å². The molecule has 0 aromatic carbocycles. The predicted molar refractivity (Wildman–Crippen MR) is 68.2 cm³/mol. The van der Waals surface area contributed by atoms with Crippen molar-refractivity contribution < 1.29 is 0 Å². The zero-order valence-corrected chi connectivity index (χ0v) is 10.9. The number of aryl methyl sites for hydroxylation is 1. The minimum atomic E-state index is 0.222. The van der Waals surface area contributed by atoms with E-state index in [1.165, 1.54) is 10.4 Å². The van der Waals surface area contributed by atoms with Crippen LogP contribution in [0, 0.1) is 6.92 Å². The van der Waals surface area contributed by atoms with Gasteiger partial charge >= 0.3 is 0 Å². The van der Waals surface area contributed by atoms with Gasteiger partial charge in [0.15, 0.2) is 0 Å². The van der Waals surface area contributed by atoms with E-state index in [0.29, 0.717) is 10.5 Å². The number of hydrogen-bond donors (Lipinski definition) is 1. The first-order valence-corrected chi connectivity index (χ1v) is 6.79. The van der Waals surface area contributed by atoms with Crippen molar-refractivity contribution >= 4 is 23.1 Å². The summed E-state index contributed by atoms with van der Waals surface area (Å²) in [5.74, 6) is 0. The average molecular weight is 229 g/mol. The second-order valence-electron chi connectivity index (χ2n) is 3.93. The molecule has 0 bridgehead atoms. The Bertz CT molecular complexity index is 279. The molecule has 3 heteroatoms. The van der Waals surface area contributed by atoms with E-state index in [1.54, 1.807) is 0 Å². The Labute approximate surface area is 95.1 Å². The molecule has 0 saturated heterocycles. The zero-order chi connectivity index (χ0) is 10.7. The summed E-state index contributed by atoms with van der Waals surface area (Å²) in [6.45, 7) is 8.72. The Balaban J connectivity index is 2.83. The maximum atomic E-state index is 6.03. The highest BCUT2D eigenvalue weighted by molar-refractivity contribution is 8.00. The molecule has 0 aliphatic carbocycles. The summed E-state index contributed by atoms with van der Waals surface area (Å²) in [5, 5.41) is 3.24. The smallest absolute Gasteiger partial charge is 0.0544 e. The minimum Gasteiger partial charge on any atom is -0.327 e. The molecule has 80 valence electrons. The third kappa shape index (κ3) is 3.01. The van der Waals surface area contributed by atoms with Crippen LogP contribution in [0.4, 0.5) is 0 Å². The molecular weight excluding hydrogens is 210 g/mol. The summed E-state index contributed by atoms with van der Waals surface area (Å²) in [6.07, 6.45) is 0.